The van der Waals surface area contributed by atoms with Crippen molar-refractivity contribution in [2.75, 3.05) is 0 Å². The predicted octanol–water partition coefficient (Wildman–Crippen LogP) is 4.92. The van der Waals surface area contributed by atoms with Gasteiger partial charge < -0.3 is 9.84 Å². The normalized spacial score (nSPS) is 11.5. The summed E-state index contributed by atoms with van der Waals surface area (Å²) < 4.78 is 7.37. The molecule has 0 aliphatic carbocycles. The lowest BCUT2D eigenvalue weighted by Gasteiger charge is -2.17. The fourth-order valence-corrected chi connectivity index (χ4v) is 4.02. The van der Waals surface area contributed by atoms with E-state index >= 15 is 0 Å². The number of aromatic nitrogens is 5. The minimum atomic E-state index is -1.20. The summed E-state index contributed by atoms with van der Waals surface area (Å²) in [6, 6.07) is 12.6. The summed E-state index contributed by atoms with van der Waals surface area (Å²) in [5, 5.41) is 10.6. The van der Waals surface area contributed by atoms with Gasteiger partial charge in [0.05, 0.1) is 22.1 Å². The highest BCUT2D eigenvalue weighted by molar-refractivity contribution is 9.10. The lowest BCUT2D eigenvalue weighted by Crippen LogP contribution is -2.24. The van der Waals surface area contributed by atoms with Gasteiger partial charge in [0.15, 0.2) is 5.82 Å². The fraction of sp³-hybridized carbons (Fsp3) is 0.240. The molecule has 0 aliphatic rings. The Morgan fingerprint density at radius 1 is 1.11 bits per heavy atom. The summed E-state index contributed by atoms with van der Waals surface area (Å²) >= 11 is 9.84. The summed E-state index contributed by atoms with van der Waals surface area (Å²) in [4.78, 5) is 30.8. The van der Waals surface area contributed by atoms with E-state index in [9.17, 15) is 9.90 Å². The molecule has 0 amide bonds. The van der Waals surface area contributed by atoms with E-state index in [0.717, 1.165) is 11.4 Å². The average molecular weight is 557 g/mol. The molecule has 4 aromatic rings. The van der Waals surface area contributed by atoms with E-state index in [1.54, 1.807) is 51.2 Å². The molecule has 0 fully saturated rings. The molecule has 0 bridgehead atoms. The Balaban J connectivity index is 1.72. The Bertz CT molecular complexity index is 1470. The topological polar surface area (TPSA) is 103 Å². The van der Waals surface area contributed by atoms with Gasteiger partial charge in [0.25, 0.3) is 5.56 Å². The van der Waals surface area contributed by atoms with Gasteiger partial charge in [0.1, 0.15) is 22.5 Å². The van der Waals surface area contributed by atoms with Crippen molar-refractivity contribution in [2.45, 2.75) is 39.9 Å². The standard InChI is InChI=1S/C25H23BrClN5O3/c1-14-6-5-7-17(29-14)13-35-22-21(26)23(33)32(15(2)30-22)20-12-16(8-9-18(20)27)19-10-11-28-24(31-19)25(3,4)34/h5-12,34H,13H2,1-4H3. The third-order valence-electron chi connectivity index (χ3n) is 5.15. The number of benzene rings is 1. The summed E-state index contributed by atoms with van der Waals surface area (Å²) in [6.07, 6.45) is 1.58. The van der Waals surface area contributed by atoms with Crippen molar-refractivity contribution in [3.8, 4) is 22.8 Å². The lowest BCUT2D eigenvalue weighted by atomic mass is 10.1. The number of nitrogens with zero attached hydrogens (tertiary/aromatic N) is 5. The molecule has 0 atom stereocenters. The quantitative estimate of drug-likeness (QED) is 0.359. The van der Waals surface area contributed by atoms with Crippen molar-refractivity contribution < 1.29 is 9.84 Å². The van der Waals surface area contributed by atoms with Crippen LogP contribution in [0, 0.1) is 13.8 Å². The van der Waals surface area contributed by atoms with Crippen LogP contribution in [0.25, 0.3) is 16.9 Å². The van der Waals surface area contributed by atoms with Crippen LogP contribution in [0.3, 0.4) is 0 Å². The Labute approximate surface area is 215 Å². The molecule has 0 aliphatic heterocycles. The van der Waals surface area contributed by atoms with E-state index in [-0.39, 0.29) is 28.3 Å². The smallest absolute Gasteiger partial charge is 0.276 e. The summed E-state index contributed by atoms with van der Waals surface area (Å²) in [5.74, 6) is 0.850. The number of halogens is 2. The van der Waals surface area contributed by atoms with Crippen LogP contribution < -0.4 is 10.3 Å². The van der Waals surface area contributed by atoms with Crippen LogP contribution >= 0.6 is 27.5 Å². The van der Waals surface area contributed by atoms with Gasteiger partial charge in [-0.25, -0.2) is 9.97 Å². The molecule has 3 aromatic heterocycles. The first-order valence-electron chi connectivity index (χ1n) is 10.8. The number of aryl methyl sites for hydroxylation is 2. The second kappa shape index (κ2) is 9.85. The minimum absolute atomic E-state index is 0.170. The van der Waals surface area contributed by atoms with Gasteiger partial charge in [-0.2, -0.15) is 4.98 Å². The van der Waals surface area contributed by atoms with Crippen LogP contribution in [0.5, 0.6) is 5.88 Å². The number of pyridine rings is 1. The second-order valence-corrected chi connectivity index (χ2v) is 9.67. The zero-order valence-corrected chi connectivity index (χ0v) is 21.9. The third kappa shape index (κ3) is 5.42. The number of ether oxygens (including phenoxy) is 1. The zero-order chi connectivity index (χ0) is 25.3. The van der Waals surface area contributed by atoms with Gasteiger partial charge in [-0.05, 0) is 74.0 Å². The molecule has 0 spiro atoms. The molecule has 0 unspecified atom stereocenters. The predicted molar refractivity (Wildman–Crippen MR) is 137 cm³/mol. The van der Waals surface area contributed by atoms with Crippen molar-refractivity contribution in [1.29, 1.82) is 0 Å². The molecule has 3 heterocycles. The van der Waals surface area contributed by atoms with Crippen molar-refractivity contribution in [3.05, 3.63) is 91.5 Å². The van der Waals surface area contributed by atoms with Crippen LogP contribution in [-0.4, -0.2) is 29.6 Å². The maximum atomic E-state index is 13.3. The molecule has 4 rings (SSSR count). The molecular weight excluding hydrogens is 534 g/mol. The first-order chi connectivity index (χ1) is 16.5. The van der Waals surface area contributed by atoms with Gasteiger partial charge in [-0.3, -0.25) is 14.3 Å². The van der Waals surface area contributed by atoms with E-state index in [4.69, 9.17) is 16.3 Å². The summed E-state index contributed by atoms with van der Waals surface area (Å²) in [6.45, 7) is 7.00. The maximum Gasteiger partial charge on any atom is 0.276 e. The van der Waals surface area contributed by atoms with Crippen LogP contribution in [-0.2, 0) is 12.2 Å². The molecule has 1 aromatic carbocycles. The van der Waals surface area contributed by atoms with E-state index in [0.29, 0.717) is 27.8 Å². The Hall–Kier alpha value is -3.14. The van der Waals surface area contributed by atoms with Crippen LogP contribution in [0.15, 0.2) is 57.9 Å². The van der Waals surface area contributed by atoms with E-state index < -0.39 is 5.60 Å². The SMILES string of the molecule is Cc1cccc(COc2nc(C)n(-c3cc(-c4ccnc(C(C)(C)O)n4)ccc3Cl)c(=O)c2Br)n1. The Morgan fingerprint density at radius 2 is 1.89 bits per heavy atom. The van der Waals surface area contributed by atoms with Gasteiger partial charge in [0.2, 0.25) is 5.88 Å². The maximum absolute atomic E-state index is 13.3. The lowest BCUT2D eigenvalue weighted by molar-refractivity contribution is 0.0688. The average Bonchev–Trinajstić information content (AvgIpc) is 2.81. The Morgan fingerprint density at radius 3 is 2.60 bits per heavy atom. The van der Waals surface area contributed by atoms with Crippen molar-refractivity contribution >= 4 is 27.5 Å². The highest BCUT2D eigenvalue weighted by atomic mass is 79.9. The van der Waals surface area contributed by atoms with E-state index in [2.05, 4.69) is 35.9 Å². The highest BCUT2D eigenvalue weighted by Gasteiger charge is 2.21. The fourth-order valence-electron chi connectivity index (χ4n) is 3.44. The van der Waals surface area contributed by atoms with Gasteiger partial charge in [-0.1, -0.05) is 23.7 Å². The van der Waals surface area contributed by atoms with E-state index in [1.165, 1.54) is 4.57 Å². The largest absolute Gasteiger partial charge is 0.470 e. The zero-order valence-electron chi connectivity index (χ0n) is 19.6. The number of aliphatic hydroxyl groups is 1. The number of hydrogen-bond donors (Lipinski definition) is 1. The third-order valence-corrected chi connectivity index (χ3v) is 6.15. The monoisotopic (exact) mass is 555 g/mol. The molecule has 0 saturated heterocycles. The molecule has 0 saturated carbocycles. The minimum Gasteiger partial charge on any atom is -0.470 e. The molecular formula is C25H23BrClN5O3. The van der Waals surface area contributed by atoms with Gasteiger partial charge in [0, 0.05) is 17.5 Å². The Kier molecular flexibility index (Phi) is 7.02. The molecule has 10 heteroatoms. The summed E-state index contributed by atoms with van der Waals surface area (Å²) in [5.41, 5.74) is 1.75. The van der Waals surface area contributed by atoms with Crippen molar-refractivity contribution in [1.82, 2.24) is 24.5 Å². The first-order valence-corrected chi connectivity index (χ1v) is 11.9. The first kappa shape index (κ1) is 25.0. The van der Waals surface area contributed by atoms with E-state index in [1.807, 2.05) is 25.1 Å². The molecule has 180 valence electrons. The molecule has 35 heavy (non-hydrogen) atoms. The highest BCUT2D eigenvalue weighted by Crippen LogP contribution is 2.29. The molecule has 8 nitrogen and oxygen atoms in total. The van der Waals surface area contributed by atoms with Crippen LogP contribution in [0.4, 0.5) is 0 Å². The number of rotatable bonds is 6. The second-order valence-electron chi connectivity index (χ2n) is 8.47. The van der Waals surface area contributed by atoms with Gasteiger partial charge in [-0.15, -0.1) is 0 Å². The van der Waals surface area contributed by atoms with Crippen molar-refractivity contribution in [2.24, 2.45) is 0 Å². The molecule has 1 N–H and O–H groups in total. The van der Waals surface area contributed by atoms with Crippen molar-refractivity contribution in [3.63, 3.8) is 0 Å². The summed E-state index contributed by atoms with van der Waals surface area (Å²) in [7, 11) is 0. The molecule has 0 radical (unpaired) electrons. The van der Waals surface area contributed by atoms with Crippen LogP contribution in [0.2, 0.25) is 5.02 Å². The van der Waals surface area contributed by atoms with Crippen LogP contribution in [0.1, 0.15) is 36.9 Å². The van der Waals surface area contributed by atoms with Gasteiger partial charge >= 0.3 is 0 Å². The number of hydrogen-bond acceptors (Lipinski definition) is 7.